The van der Waals surface area contributed by atoms with E-state index in [0.29, 0.717) is 25.1 Å². The molecule has 0 aliphatic heterocycles. The van der Waals surface area contributed by atoms with Crippen LogP contribution in [0.2, 0.25) is 0 Å². The van der Waals surface area contributed by atoms with Crippen LogP contribution in [0.1, 0.15) is 30.4 Å². The highest BCUT2D eigenvalue weighted by Crippen LogP contribution is 2.20. The number of nitrogens with one attached hydrogen (secondary N) is 1. The number of hydrogen-bond acceptors (Lipinski definition) is 4. The first kappa shape index (κ1) is 23.1. The number of nitrogens with zero attached hydrogens (tertiary/aromatic N) is 1. The minimum Gasteiger partial charge on any atom is -0.493 e. The van der Waals surface area contributed by atoms with Crippen molar-refractivity contribution in [1.29, 1.82) is 5.26 Å². The van der Waals surface area contributed by atoms with Crippen LogP contribution >= 0.6 is 0 Å². The van der Waals surface area contributed by atoms with Gasteiger partial charge in [-0.05, 0) is 60.7 Å². The van der Waals surface area contributed by atoms with Gasteiger partial charge in [0.2, 0.25) is 0 Å². The number of sulfonamides is 1. The molecule has 0 saturated heterocycles. The van der Waals surface area contributed by atoms with Gasteiger partial charge >= 0.3 is 0 Å². The third-order valence-electron chi connectivity index (χ3n) is 4.75. The third-order valence-corrected chi connectivity index (χ3v) is 6.15. The summed E-state index contributed by atoms with van der Waals surface area (Å²) in [6, 6.07) is 25.6. The molecule has 3 rings (SSSR count). The Hall–Kier alpha value is -3.56. The van der Waals surface area contributed by atoms with Gasteiger partial charge in [0, 0.05) is 12.1 Å². The first-order chi connectivity index (χ1) is 15.6. The lowest BCUT2D eigenvalue weighted by molar-refractivity contribution is 0.309. The number of hydrogen-bond donors (Lipinski definition) is 1. The smallest absolute Gasteiger partial charge is 0.261 e. The molecule has 5 nitrogen and oxygen atoms in total. The lowest BCUT2D eigenvalue weighted by Gasteiger charge is -2.10. The topological polar surface area (TPSA) is 79.2 Å². The van der Waals surface area contributed by atoms with Gasteiger partial charge in [-0.25, -0.2) is 8.42 Å². The van der Waals surface area contributed by atoms with Gasteiger partial charge in [0.05, 0.1) is 17.6 Å². The highest BCUT2D eigenvalue weighted by Gasteiger charge is 2.13. The number of aryl methyl sites for hydroxylation is 1. The summed E-state index contributed by atoms with van der Waals surface area (Å²) in [5.74, 6) is 0.838. The van der Waals surface area contributed by atoms with Gasteiger partial charge in [0.1, 0.15) is 5.75 Å². The molecule has 0 unspecified atom stereocenters. The molecule has 0 radical (unpaired) electrons. The normalized spacial score (nSPS) is 11.2. The fourth-order valence-electron chi connectivity index (χ4n) is 3.16. The second-order valence-corrected chi connectivity index (χ2v) is 8.89. The molecule has 0 amide bonds. The fraction of sp³-hybridized carbons (Fsp3) is 0.192. The van der Waals surface area contributed by atoms with Crippen molar-refractivity contribution < 1.29 is 13.2 Å². The molecule has 0 aromatic heterocycles. The minimum absolute atomic E-state index is 0.232. The van der Waals surface area contributed by atoms with Gasteiger partial charge in [0.15, 0.2) is 0 Å². The van der Waals surface area contributed by atoms with Crippen molar-refractivity contribution in [3.8, 4) is 11.8 Å². The van der Waals surface area contributed by atoms with Crippen LogP contribution in [0.4, 0.5) is 5.69 Å². The number of benzene rings is 3. The zero-order valence-corrected chi connectivity index (χ0v) is 18.6. The lowest BCUT2D eigenvalue weighted by Crippen LogP contribution is -2.12. The fourth-order valence-corrected chi connectivity index (χ4v) is 4.23. The Morgan fingerprint density at radius 3 is 2.56 bits per heavy atom. The summed E-state index contributed by atoms with van der Waals surface area (Å²) in [5.41, 5.74) is 2.49. The number of para-hydroxylation sites is 1. The predicted molar refractivity (Wildman–Crippen MR) is 128 cm³/mol. The summed E-state index contributed by atoms with van der Waals surface area (Å²) in [6.07, 6.45) is 6.88. The number of unbranched alkanes of at least 4 members (excludes halogenated alkanes) is 1. The standard InChI is InChI=1S/C26H26N2O3S/c27-19-10-14-23-13-6-7-18-26(23)31-20-8-2-3-11-22-12-9-15-24(21-22)28-32(29,30)25-16-4-1-5-17-25/h1,3-7,9,11-13,15-18,21,28H,2,8,10,14,20H2/b11-3+. The van der Waals surface area contributed by atoms with Gasteiger partial charge in [0.25, 0.3) is 10.0 Å². The first-order valence-electron chi connectivity index (χ1n) is 10.5. The van der Waals surface area contributed by atoms with Crippen molar-refractivity contribution >= 4 is 21.8 Å². The molecule has 0 heterocycles. The molecule has 0 aliphatic carbocycles. The zero-order chi connectivity index (χ0) is 22.7. The second kappa shape index (κ2) is 11.7. The molecule has 6 heteroatoms. The molecule has 1 N–H and O–H groups in total. The maximum absolute atomic E-state index is 12.5. The van der Waals surface area contributed by atoms with Crippen LogP contribution in [0.5, 0.6) is 5.75 Å². The predicted octanol–water partition coefficient (Wildman–Crippen LogP) is 5.82. The monoisotopic (exact) mass is 446 g/mol. The Balaban J connectivity index is 1.49. The van der Waals surface area contributed by atoms with E-state index < -0.39 is 10.0 Å². The highest BCUT2D eigenvalue weighted by atomic mass is 32.2. The molecule has 0 aliphatic rings. The molecule has 32 heavy (non-hydrogen) atoms. The van der Waals surface area contributed by atoms with Gasteiger partial charge in [-0.1, -0.05) is 60.7 Å². The van der Waals surface area contributed by atoms with Crippen LogP contribution in [-0.2, 0) is 16.4 Å². The Kier molecular flexibility index (Phi) is 8.47. The van der Waals surface area contributed by atoms with Crippen molar-refractivity contribution in [2.75, 3.05) is 11.3 Å². The van der Waals surface area contributed by atoms with Gasteiger partial charge < -0.3 is 4.74 Å². The molecule has 164 valence electrons. The molecule has 0 atom stereocenters. The van der Waals surface area contributed by atoms with E-state index in [1.165, 1.54) is 0 Å². The quantitative estimate of drug-likeness (QED) is 0.377. The van der Waals surface area contributed by atoms with E-state index in [-0.39, 0.29) is 4.90 Å². The average molecular weight is 447 g/mol. The van der Waals surface area contributed by atoms with E-state index in [4.69, 9.17) is 10.00 Å². The SMILES string of the molecule is N#CCCc1ccccc1OCCC/C=C/c1cccc(NS(=O)(=O)c2ccccc2)c1. The van der Waals surface area contributed by atoms with E-state index in [1.54, 1.807) is 42.5 Å². The van der Waals surface area contributed by atoms with Crippen molar-refractivity contribution in [2.24, 2.45) is 0 Å². The largest absolute Gasteiger partial charge is 0.493 e. The number of anilines is 1. The van der Waals surface area contributed by atoms with E-state index in [0.717, 1.165) is 29.7 Å². The summed E-state index contributed by atoms with van der Waals surface area (Å²) < 4.78 is 33.5. The van der Waals surface area contributed by atoms with Gasteiger partial charge in [-0.15, -0.1) is 0 Å². The Morgan fingerprint density at radius 1 is 0.969 bits per heavy atom. The van der Waals surface area contributed by atoms with E-state index >= 15 is 0 Å². The van der Waals surface area contributed by atoms with Crippen molar-refractivity contribution in [2.45, 2.75) is 30.6 Å². The van der Waals surface area contributed by atoms with Gasteiger partial charge in [-0.3, -0.25) is 4.72 Å². The van der Waals surface area contributed by atoms with Crippen molar-refractivity contribution in [3.05, 3.63) is 96.1 Å². The number of ether oxygens (including phenoxy) is 1. The number of allylic oxidation sites excluding steroid dienone is 1. The molecule has 0 spiro atoms. The van der Waals surface area contributed by atoms with E-state index in [9.17, 15) is 8.42 Å². The van der Waals surface area contributed by atoms with Crippen LogP contribution in [0, 0.1) is 11.3 Å². The third kappa shape index (κ3) is 7.00. The van der Waals surface area contributed by atoms with Crippen LogP contribution in [-0.4, -0.2) is 15.0 Å². The Morgan fingerprint density at radius 2 is 1.75 bits per heavy atom. The van der Waals surface area contributed by atoms with Crippen LogP contribution < -0.4 is 9.46 Å². The summed E-state index contributed by atoms with van der Waals surface area (Å²) >= 11 is 0. The molecule has 0 fully saturated rings. The average Bonchev–Trinajstić information content (AvgIpc) is 2.81. The second-order valence-electron chi connectivity index (χ2n) is 7.20. The number of rotatable bonds is 11. The lowest BCUT2D eigenvalue weighted by atomic mass is 10.1. The van der Waals surface area contributed by atoms with E-state index in [2.05, 4.69) is 16.9 Å². The molecule has 0 bridgehead atoms. The van der Waals surface area contributed by atoms with E-state index in [1.807, 2.05) is 42.5 Å². The first-order valence-corrected chi connectivity index (χ1v) is 12.0. The maximum atomic E-state index is 12.5. The molecular weight excluding hydrogens is 420 g/mol. The molecule has 0 saturated carbocycles. The Bertz CT molecular complexity index is 1180. The maximum Gasteiger partial charge on any atom is 0.261 e. The molecular formula is C26H26N2O3S. The summed E-state index contributed by atoms with van der Waals surface area (Å²) in [7, 11) is -3.61. The van der Waals surface area contributed by atoms with Crippen LogP contribution in [0.3, 0.4) is 0 Å². The van der Waals surface area contributed by atoms with Crippen LogP contribution in [0.25, 0.3) is 6.08 Å². The Labute approximate surface area is 190 Å². The minimum atomic E-state index is -3.61. The zero-order valence-electron chi connectivity index (χ0n) is 17.8. The summed E-state index contributed by atoms with van der Waals surface area (Å²) in [5, 5.41) is 8.78. The molecule has 3 aromatic carbocycles. The summed E-state index contributed by atoms with van der Waals surface area (Å²) in [6.45, 7) is 0.588. The van der Waals surface area contributed by atoms with Crippen molar-refractivity contribution in [3.63, 3.8) is 0 Å². The van der Waals surface area contributed by atoms with Crippen molar-refractivity contribution in [1.82, 2.24) is 0 Å². The van der Waals surface area contributed by atoms with Crippen LogP contribution in [0.15, 0.2) is 89.8 Å². The van der Waals surface area contributed by atoms with Gasteiger partial charge in [-0.2, -0.15) is 5.26 Å². The molecule has 3 aromatic rings. The highest BCUT2D eigenvalue weighted by molar-refractivity contribution is 7.92. The summed E-state index contributed by atoms with van der Waals surface area (Å²) in [4.78, 5) is 0.232. The number of nitriles is 1.